The highest BCUT2D eigenvalue weighted by Crippen LogP contribution is 2.22. The van der Waals surface area contributed by atoms with Gasteiger partial charge in [0.15, 0.2) is 5.76 Å². The molecule has 3 aromatic rings. The zero-order valence-corrected chi connectivity index (χ0v) is 13.6. The van der Waals surface area contributed by atoms with Crippen LogP contribution in [0, 0.1) is 6.92 Å². The van der Waals surface area contributed by atoms with E-state index in [4.69, 9.17) is 9.15 Å². The molecule has 3 rings (SSSR count). The van der Waals surface area contributed by atoms with Gasteiger partial charge in [0.05, 0.1) is 13.4 Å². The van der Waals surface area contributed by atoms with Gasteiger partial charge < -0.3 is 14.5 Å². The Bertz CT molecular complexity index is 842. The predicted octanol–water partition coefficient (Wildman–Crippen LogP) is 3.59. The molecule has 0 aliphatic heterocycles. The monoisotopic (exact) mass is 322 g/mol. The second kappa shape index (κ2) is 7.00. The van der Waals surface area contributed by atoms with Crippen LogP contribution in [0.2, 0.25) is 0 Å². The van der Waals surface area contributed by atoms with E-state index in [2.05, 4.69) is 10.3 Å². The number of aromatic nitrogens is 1. The molecule has 0 bridgehead atoms. The summed E-state index contributed by atoms with van der Waals surface area (Å²) in [6, 6.07) is 12.8. The van der Waals surface area contributed by atoms with Crippen LogP contribution in [0.15, 0.2) is 59.3 Å². The third-order valence-electron chi connectivity index (χ3n) is 3.74. The van der Waals surface area contributed by atoms with Crippen LogP contribution >= 0.6 is 0 Å². The van der Waals surface area contributed by atoms with Crippen molar-refractivity contribution < 1.29 is 13.9 Å². The fourth-order valence-electron chi connectivity index (χ4n) is 2.51. The van der Waals surface area contributed by atoms with E-state index in [-0.39, 0.29) is 5.91 Å². The zero-order valence-electron chi connectivity index (χ0n) is 13.6. The zero-order chi connectivity index (χ0) is 16.9. The first-order valence-electron chi connectivity index (χ1n) is 7.59. The smallest absolute Gasteiger partial charge is 0.251 e. The van der Waals surface area contributed by atoms with Gasteiger partial charge in [0.2, 0.25) is 0 Å². The Hall–Kier alpha value is -3.08. The maximum atomic E-state index is 12.4. The van der Waals surface area contributed by atoms with Crippen LogP contribution in [0.3, 0.4) is 0 Å². The highest BCUT2D eigenvalue weighted by atomic mass is 16.5. The number of rotatable bonds is 5. The van der Waals surface area contributed by atoms with Gasteiger partial charge in [-0.05, 0) is 48.9 Å². The fourth-order valence-corrected chi connectivity index (χ4v) is 2.51. The lowest BCUT2D eigenvalue weighted by Crippen LogP contribution is -2.23. The van der Waals surface area contributed by atoms with Gasteiger partial charge in [-0.1, -0.05) is 6.07 Å². The number of nitrogens with zero attached hydrogens (tertiary/aromatic N) is 1. The Morgan fingerprint density at radius 1 is 1.25 bits per heavy atom. The largest absolute Gasteiger partial charge is 0.496 e. The molecule has 0 fully saturated rings. The molecule has 1 N–H and O–H groups in total. The van der Waals surface area contributed by atoms with Gasteiger partial charge in [0.1, 0.15) is 11.4 Å². The number of ether oxygens (including phenoxy) is 1. The third-order valence-corrected chi connectivity index (χ3v) is 3.74. The normalized spacial score (nSPS) is 10.4. The van der Waals surface area contributed by atoms with Crippen molar-refractivity contribution in [2.45, 2.75) is 13.5 Å². The molecule has 5 nitrogen and oxygen atoms in total. The van der Waals surface area contributed by atoms with Crippen molar-refractivity contribution in [2.24, 2.45) is 0 Å². The molecular weight excluding hydrogens is 304 g/mol. The summed E-state index contributed by atoms with van der Waals surface area (Å²) in [4.78, 5) is 16.7. The summed E-state index contributed by atoms with van der Waals surface area (Å²) in [6.45, 7) is 2.28. The molecule has 24 heavy (non-hydrogen) atoms. The summed E-state index contributed by atoms with van der Waals surface area (Å²) in [6.07, 6.45) is 3.31. The number of amides is 1. The van der Waals surface area contributed by atoms with Gasteiger partial charge in [-0.25, -0.2) is 0 Å². The van der Waals surface area contributed by atoms with E-state index in [9.17, 15) is 4.79 Å². The molecule has 0 atom stereocenters. The fraction of sp³-hybridized carbons (Fsp3) is 0.158. The maximum absolute atomic E-state index is 12.4. The van der Waals surface area contributed by atoms with E-state index >= 15 is 0 Å². The quantitative estimate of drug-likeness (QED) is 0.779. The van der Waals surface area contributed by atoms with Crippen molar-refractivity contribution >= 4 is 5.91 Å². The number of nitrogens with one attached hydrogen (secondary N) is 1. The van der Waals surface area contributed by atoms with E-state index < -0.39 is 0 Å². The minimum Gasteiger partial charge on any atom is -0.496 e. The lowest BCUT2D eigenvalue weighted by Gasteiger charge is -2.10. The Labute approximate surface area is 140 Å². The van der Waals surface area contributed by atoms with Gasteiger partial charge in [0, 0.05) is 23.9 Å². The SMILES string of the molecule is COc1ccc(C(=O)NCc2cccnc2-c2ccco2)cc1C. The molecule has 5 heteroatoms. The Morgan fingerprint density at radius 2 is 2.12 bits per heavy atom. The van der Waals surface area contributed by atoms with Gasteiger partial charge >= 0.3 is 0 Å². The molecule has 0 saturated heterocycles. The van der Waals surface area contributed by atoms with Crippen molar-refractivity contribution in [1.82, 2.24) is 10.3 Å². The van der Waals surface area contributed by atoms with E-state index in [0.29, 0.717) is 17.9 Å². The molecule has 2 aromatic heterocycles. The second-order valence-corrected chi connectivity index (χ2v) is 5.36. The average Bonchev–Trinajstić information content (AvgIpc) is 3.14. The van der Waals surface area contributed by atoms with Crippen molar-refractivity contribution in [1.29, 1.82) is 0 Å². The van der Waals surface area contributed by atoms with Gasteiger partial charge in [-0.2, -0.15) is 0 Å². The number of pyridine rings is 1. The third kappa shape index (κ3) is 3.30. The minimum absolute atomic E-state index is 0.144. The van der Waals surface area contributed by atoms with Gasteiger partial charge in [-0.15, -0.1) is 0 Å². The number of methoxy groups -OCH3 is 1. The first-order chi connectivity index (χ1) is 11.7. The molecule has 1 amide bonds. The lowest BCUT2D eigenvalue weighted by atomic mass is 10.1. The maximum Gasteiger partial charge on any atom is 0.251 e. The standard InChI is InChI=1S/C19H18N2O3/c1-13-11-14(7-8-16(13)23-2)19(22)21-12-15-5-3-9-20-18(15)17-6-4-10-24-17/h3-11H,12H2,1-2H3,(H,21,22). The minimum atomic E-state index is -0.144. The molecule has 1 aromatic carbocycles. The van der Waals surface area contributed by atoms with Crippen LogP contribution in [-0.4, -0.2) is 18.0 Å². The number of furan rings is 1. The van der Waals surface area contributed by atoms with Crippen LogP contribution in [0.25, 0.3) is 11.5 Å². The molecular formula is C19H18N2O3. The van der Waals surface area contributed by atoms with E-state index in [1.807, 2.05) is 37.3 Å². The molecule has 0 saturated carbocycles. The number of hydrogen-bond acceptors (Lipinski definition) is 4. The second-order valence-electron chi connectivity index (χ2n) is 5.36. The average molecular weight is 322 g/mol. The summed E-state index contributed by atoms with van der Waals surface area (Å²) < 4.78 is 10.6. The van der Waals surface area contributed by atoms with Gasteiger partial charge in [0.25, 0.3) is 5.91 Å². The summed E-state index contributed by atoms with van der Waals surface area (Å²) in [5, 5.41) is 2.92. The van der Waals surface area contributed by atoms with E-state index in [1.165, 1.54) is 0 Å². The molecule has 0 unspecified atom stereocenters. The summed E-state index contributed by atoms with van der Waals surface area (Å²) >= 11 is 0. The van der Waals surface area contributed by atoms with Gasteiger partial charge in [-0.3, -0.25) is 9.78 Å². The summed E-state index contributed by atoms with van der Waals surface area (Å²) in [7, 11) is 1.61. The molecule has 0 aliphatic rings. The number of carbonyl (C=O) groups excluding carboxylic acids is 1. The van der Waals surface area contributed by atoms with Crippen molar-refractivity contribution in [3.05, 3.63) is 71.6 Å². The predicted molar refractivity (Wildman–Crippen MR) is 90.8 cm³/mol. The Kier molecular flexibility index (Phi) is 4.61. The first-order valence-corrected chi connectivity index (χ1v) is 7.59. The first kappa shape index (κ1) is 15.8. The van der Waals surface area contributed by atoms with Crippen LogP contribution in [0.5, 0.6) is 5.75 Å². The molecule has 0 spiro atoms. The number of aryl methyl sites for hydroxylation is 1. The number of carbonyl (C=O) groups is 1. The number of hydrogen-bond donors (Lipinski definition) is 1. The molecule has 122 valence electrons. The molecule has 0 radical (unpaired) electrons. The lowest BCUT2D eigenvalue weighted by molar-refractivity contribution is 0.0951. The van der Waals surface area contributed by atoms with Crippen molar-refractivity contribution in [3.63, 3.8) is 0 Å². The van der Waals surface area contributed by atoms with E-state index in [0.717, 1.165) is 22.6 Å². The van der Waals surface area contributed by atoms with Crippen LogP contribution in [0.1, 0.15) is 21.5 Å². The summed E-state index contributed by atoms with van der Waals surface area (Å²) in [5.74, 6) is 1.30. The van der Waals surface area contributed by atoms with Crippen molar-refractivity contribution in [2.75, 3.05) is 7.11 Å². The Morgan fingerprint density at radius 3 is 2.83 bits per heavy atom. The summed E-state index contributed by atoms with van der Waals surface area (Å²) in [5.41, 5.74) is 3.14. The number of benzene rings is 1. The molecule has 2 heterocycles. The highest BCUT2D eigenvalue weighted by molar-refractivity contribution is 5.94. The van der Waals surface area contributed by atoms with Crippen molar-refractivity contribution in [3.8, 4) is 17.2 Å². The Balaban J connectivity index is 1.74. The topological polar surface area (TPSA) is 64.4 Å². The highest BCUT2D eigenvalue weighted by Gasteiger charge is 2.12. The van der Waals surface area contributed by atoms with Crippen LogP contribution in [0.4, 0.5) is 0 Å². The van der Waals surface area contributed by atoms with Crippen LogP contribution < -0.4 is 10.1 Å². The van der Waals surface area contributed by atoms with Crippen LogP contribution in [-0.2, 0) is 6.54 Å². The molecule has 0 aliphatic carbocycles. The van der Waals surface area contributed by atoms with E-state index in [1.54, 1.807) is 31.7 Å².